The summed E-state index contributed by atoms with van der Waals surface area (Å²) in [4.78, 5) is 38.9. The fourth-order valence-electron chi connectivity index (χ4n) is 3.29. The molecule has 2 heterocycles. The molecule has 1 aromatic carbocycles. The van der Waals surface area contributed by atoms with Crippen LogP contribution in [-0.4, -0.2) is 79.2 Å². The summed E-state index contributed by atoms with van der Waals surface area (Å²) in [5, 5.41) is 12.2. The third-order valence-electron chi connectivity index (χ3n) is 5.06. The number of aromatic nitrogens is 2. The fraction of sp³-hybridized carbons (Fsp3) is 0.400. The molecule has 3 rings (SSSR count). The number of halogens is 2. The summed E-state index contributed by atoms with van der Waals surface area (Å²) in [6.45, 7) is 0.455. The van der Waals surface area contributed by atoms with Crippen molar-refractivity contribution < 1.29 is 27.5 Å². The number of sulfone groups is 1. The lowest BCUT2D eigenvalue weighted by Gasteiger charge is -2.31. The molecule has 34 heavy (non-hydrogen) atoms. The van der Waals surface area contributed by atoms with Crippen molar-refractivity contribution in [2.24, 2.45) is 0 Å². The number of hydrogen-bond donors (Lipinski definition) is 3. The summed E-state index contributed by atoms with van der Waals surface area (Å²) in [7, 11) is -3.22. The number of likely N-dealkylation sites (tertiary alicyclic amines) is 1. The Bertz CT molecular complexity index is 1160. The van der Waals surface area contributed by atoms with Crippen molar-refractivity contribution in [1.82, 2.24) is 20.4 Å². The Morgan fingerprint density at radius 3 is 2.44 bits per heavy atom. The quantitative estimate of drug-likeness (QED) is 0.495. The second-order valence-electron chi connectivity index (χ2n) is 7.68. The molecule has 1 aliphatic rings. The normalized spacial score (nSPS) is 14.5. The number of H-pyrrole nitrogens is 1. The van der Waals surface area contributed by atoms with Crippen molar-refractivity contribution in [2.45, 2.75) is 18.9 Å². The maximum absolute atomic E-state index is 12.7. The Morgan fingerprint density at radius 2 is 1.82 bits per heavy atom. The largest absolute Gasteiger partial charge is 0.448 e. The van der Waals surface area contributed by atoms with Gasteiger partial charge in [-0.2, -0.15) is 5.10 Å². The molecule has 0 unspecified atom stereocenters. The Morgan fingerprint density at radius 1 is 1.18 bits per heavy atom. The van der Waals surface area contributed by atoms with Gasteiger partial charge in [0.25, 0.3) is 11.8 Å². The smallest absolute Gasteiger partial charge is 0.409 e. The van der Waals surface area contributed by atoms with Crippen LogP contribution in [0.25, 0.3) is 0 Å². The zero-order valence-corrected chi connectivity index (χ0v) is 20.5. The highest BCUT2D eigenvalue weighted by atomic mass is 35.5. The second kappa shape index (κ2) is 11.1. The maximum atomic E-state index is 12.7. The molecule has 14 heteroatoms. The van der Waals surface area contributed by atoms with Crippen LogP contribution in [0.2, 0.25) is 10.0 Å². The molecule has 0 atom stereocenters. The molecule has 3 N–H and O–H groups in total. The van der Waals surface area contributed by atoms with Crippen LogP contribution in [0.3, 0.4) is 0 Å². The number of anilines is 1. The Kier molecular flexibility index (Phi) is 8.39. The van der Waals surface area contributed by atoms with Gasteiger partial charge >= 0.3 is 6.09 Å². The van der Waals surface area contributed by atoms with Gasteiger partial charge in [0.1, 0.15) is 6.61 Å². The highest BCUT2D eigenvalue weighted by Gasteiger charge is 2.27. The number of nitrogens with zero attached hydrogens (tertiary/aromatic N) is 2. The van der Waals surface area contributed by atoms with Gasteiger partial charge in [-0.15, -0.1) is 0 Å². The molecule has 1 fully saturated rings. The van der Waals surface area contributed by atoms with Gasteiger partial charge in [0, 0.05) is 31.6 Å². The van der Waals surface area contributed by atoms with E-state index in [9.17, 15) is 22.8 Å². The van der Waals surface area contributed by atoms with Gasteiger partial charge in [0.15, 0.2) is 15.5 Å². The molecule has 0 aliphatic carbocycles. The van der Waals surface area contributed by atoms with Gasteiger partial charge in [-0.05, 0) is 25.0 Å². The maximum Gasteiger partial charge on any atom is 0.409 e. The highest BCUT2D eigenvalue weighted by molar-refractivity contribution is 7.90. The molecule has 1 aromatic heterocycles. The predicted molar refractivity (Wildman–Crippen MR) is 126 cm³/mol. The van der Waals surface area contributed by atoms with Gasteiger partial charge in [0.05, 0.1) is 27.0 Å². The molecule has 0 radical (unpaired) electrons. The van der Waals surface area contributed by atoms with Crippen molar-refractivity contribution in [3.05, 3.63) is 45.7 Å². The van der Waals surface area contributed by atoms with Gasteiger partial charge in [-0.3, -0.25) is 14.7 Å². The molecule has 3 amide bonds. The summed E-state index contributed by atoms with van der Waals surface area (Å²) < 4.78 is 27.2. The molecular formula is C20H23Cl2N5O6S. The lowest BCUT2D eigenvalue weighted by molar-refractivity contribution is 0.0859. The molecule has 11 nitrogen and oxygen atoms in total. The number of carbonyl (C=O) groups excluding carboxylic acids is 3. The van der Waals surface area contributed by atoms with Crippen LogP contribution in [0, 0.1) is 0 Å². The van der Waals surface area contributed by atoms with E-state index in [0.29, 0.717) is 25.9 Å². The number of amides is 3. The van der Waals surface area contributed by atoms with E-state index < -0.39 is 27.7 Å². The van der Waals surface area contributed by atoms with Crippen LogP contribution in [0.15, 0.2) is 24.4 Å². The first kappa shape index (κ1) is 25.8. The molecule has 1 aliphatic heterocycles. The minimum absolute atomic E-state index is 0.0147. The van der Waals surface area contributed by atoms with Crippen LogP contribution < -0.4 is 10.6 Å². The number of piperidine rings is 1. The zero-order valence-electron chi connectivity index (χ0n) is 18.1. The fourth-order valence-corrected chi connectivity index (χ4v) is 4.24. The predicted octanol–water partition coefficient (Wildman–Crippen LogP) is 2.34. The van der Waals surface area contributed by atoms with Crippen LogP contribution >= 0.6 is 23.2 Å². The number of aromatic amines is 1. The Labute approximate surface area is 206 Å². The average Bonchev–Trinajstić information content (AvgIpc) is 3.21. The SMILES string of the molecule is CS(=O)(=O)CCOC(=O)N1CCC(NC(=O)c2n[nH]cc2NC(=O)c2c(Cl)cccc2Cl)CC1. The monoisotopic (exact) mass is 531 g/mol. The molecule has 2 aromatic rings. The number of rotatable bonds is 7. The summed E-state index contributed by atoms with van der Waals surface area (Å²) in [6.07, 6.45) is 2.77. The molecule has 0 bridgehead atoms. The van der Waals surface area contributed by atoms with E-state index in [-0.39, 0.29) is 45.4 Å². The van der Waals surface area contributed by atoms with Crippen LogP contribution in [0.1, 0.15) is 33.7 Å². The van der Waals surface area contributed by atoms with E-state index in [4.69, 9.17) is 27.9 Å². The summed E-state index contributed by atoms with van der Waals surface area (Å²) >= 11 is 12.1. The van der Waals surface area contributed by atoms with Gasteiger partial charge in [0.2, 0.25) is 0 Å². The third kappa shape index (κ3) is 6.84. The van der Waals surface area contributed by atoms with Crippen LogP contribution in [-0.2, 0) is 14.6 Å². The van der Waals surface area contributed by atoms with Crippen LogP contribution in [0.4, 0.5) is 10.5 Å². The van der Waals surface area contributed by atoms with Crippen molar-refractivity contribution in [2.75, 3.05) is 37.0 Å². The lowest BCUT2D eigenvalue weighted by atomic mass is 10.1. The van der Waals surface area contributed by atoms with Crippen molar-refractivity contribution in [3.8, 4) is 0 Å². The summed E-state index contributed by atoms with van der Waals surface area (Å²) in [6, 6.07) is 4.43. The van der Waals surface area contributed by atoms with Gasteiger partial charge < -0.3 is 20.3 Å². The molecule has 184 valence electrons. The Balaban J connectivity index is 1.52. The van der Waals surface area contributed by atoms with E-state index in [1.54, 1.807) is 6.07 Å². The topological polar surface area (TPSA) is 151 Å². The van der Waals surface area contributed by atoms with Gasteiger partial charge in [-0.1, -0.05) is 29.3 Å². The molecule has 0 saturated carbocycles. The number of nitrogens with one attached hydrogen (secondary N) is 3. The van der Waals surface area contributed by atoms with E-state index in [0.717, 1.165) is 6.26 Å². The minimum Gasteiger partial charge on any atom is -0.448 e. The number of carbonyl (C=O) groups is 3. The number of ether oxygens (including phenoxy) is 1. The summed E-state index contributed by atoms with van der Waals surface area (Å²) in [5.74, 6) is -1.33. The third-order valence-corrected chi connectivity index (χ3v) is 6.60. The molecule has 1 saturated heterocycles. The lowest BCUT2D eigenvalue weighted by Crippen LogP contribution is -2.47. The first-order chi connectivity index (χ1) is 16.0. The van der Waals surface area contributed by atoms with Gasteiger partial charge in [-0.25, -0.2) is 13.2 Å². The zero-order chi connectivity index (χ0) is 24.9. The van der Waals surface area contributed by atoms with E-state index in [1.165, 1.54) is 23.2 Å². The first-order valence-electron chi connectivity index (χ1n) is 10.2. The molecular weight excluding hydrogens is 509 g/mol. The number of hydrogen-bond acceptors (Lipinski definition) is 7. The second-order valence-corrected chi connectivity index (χ2v) is 10.8. The first-order valence-corrected chi connectivity index (χ1v) is 13.1. The standard InChI is InChI=1S/C20H23Cl2N5O6S/c1-34(31,32)10-9-33-20(30)27-7-5-12(6-8-27)24-19(29)17-15(11-23-26-17)25-18(28)16-13(21)3-2-4-14(16)22/h2-4,11-12H,5-10H2,1H3,(H,23,26)(H,24,29)(H,25,28). The number of benzene rings is 1. The van der Waals surface area contributed by atoms with Crippen LogP contribution in [0.5, 0.6) is 0 Å². The van der Waals surface area contributed by atoms with E-state index in [1.807, 2.05) is 0 Å². The Hall–Kier alpha value is -2.83. The highest BCUT2D eigenvalue weighted by Crippen LogP contribution is 2.26. The van der Waals surface area contributed by atoms with Crippen molar-refractivity contribution in [1.29, 1.82) is 0 Å². The van der Waals surface area contributed by atoms with Crippen molar-refractivity contribution in [3.63, 3.8) is 0 Å². The average molecular weight is 532 g/mol. The molecule has 0 spiro atoms. The summed E-state index contributed by atoms with van der Waals surface area (Å²) in [5.41, 5.74) is 0.221. The van der Waals surface area contributed by atoms with Crippen molar-refractivity contribution >= 4 is 56.6 Å². The van der Waals surface area contributed by atoms with E-state index >= 15 is 0 Å². The minimum atomic E-state index is -3.22. The van der Waals surface area contributed by atoms with E-state index in [2.05, 4.69) is 20.8 Å².